The minimum Gasteiger partial charge on any atom is -0.357 e. The number of piperidine rings is 1. The molecular formula is C15H14N2O2. The van der Waals surface area contributed by atoms with Crippen LogP contribution in [0, 0.1) is 0 Å². The predicted octanol–water partition coefficient (Wildman–Crippen LogP) is 2.07. The van der Waals surface area contributed by atoms with Crippen LogP contribution in [0.3, 0.4) is 0 Å². The van der Waals surface area contributed by atoms with Crippen LogP contribution in [-0.4, -0.2) is 34.7 Å². The van der Waals surface area contributed by atoms with E-state index in [0.29, 0.717) is 18.7 Å². The van der Waals surface area contributed by atoms with E-state index >= 15 is 0 Å². The second kappa shape index (κ2) is 3.70. The number of aromatic amines is 1. The molecule has 0 radical (unpaired) electrons. The first-order valence-corrected chi connectivity index (χ1v) is 6.70. The highest BCUT2D eigenvalue weighted by Crippen LogP contribution is 2.36. The van der Waals surface area contributed by atoms with E-state index in [1.807, 2.05) is 24.3 Å². The first-order valence-electron chi connectivity index (χ1n) is 6.70. The van der Waals surface area contributed by atoms with Crippen molar-refractivity contribution in [2.24, 2.45) is 0 Å². The molecule has 4 rings (SSSR count). The summed E-state index contributed by atoms with van der Waals surface area (Å²) in [6, 6.07) is 7.73. The second-order valence-electron chi connectivity index (χ2n) is 5.38. The Bertz CT molecular complexity index is 701. The van der Waals surface area contributed by atoms with E-state index in [1.165, 1.54) is 0 Å². The van der Waals surface area contributed by atoms with Gasteiger partial charge in [0, 0.05) is 35.6 Å². The Kier molecular flexibility index (Phi) is 2.10. The average Bonchev–Trinajstić information content (AvgIpc) is 2.82. The molecule has 1 unspecified atom stereocenters. The van der Waals surface area contributed by atoms with Gasteiger partial charge in [-0.15, -0.1) is 0 Å². The fourth-order valence-corrected chi connectivity index (χ4v) is 3.36. The molecular weight excluding hydrogens is 240 g/mol. The summed E-state index contributed by atoms with van der Waals surface area (Å²) in [7, 11) is 0. The second-order valence-corrected chi connectivity index (χ2v) is 5.38. The van der Waals surface area contributed by atoms with Gasteiger partial charge < -0.3 is 9.88 Å². The molecule has 3 heterocycles. The summed E-state index contributed by atoms with van der Waals surface area (Å²) in [5, 5.41) is 0.879. The highest BCUT2D eigenvalue weighted by Gasteiger charge is 2.38. The third-order valence-electron chi connectivity index (χ3n) is 4.27. The maximum atomic E-state index is 12.4. The third kappa shape index (κ3) is 1.40. The smallest absolute Gasteiger partial charge is 0.295 e. The van der Waals surface area contributed by atoms with E-state index in [1.54, 1.807) is 4.90 Å². The van der Waals surface area contributed by atoms with Gasteiger partial charge in [0.1, 0.15) is 0 Å². The molecule has 96 valence electrons. The van der Waals surface area contributed by atoms with Crippen LogP contribution < -0.4 is 0 Å². The average molecular weight is 254 g/mol. The van der Waals surface area contributed by atoms with Gasteiger partial charge in [-0.05, 0) is 18.9 Å². The Balaban J connectivity index is 2.03. The lowest BCUT2D eigenvalue weighted by molar-refractivity contribution is -0.127. The number of nitrogens with zero attached hydrogens (tertiary/aromatic N) is 1. The minimum atomic E-state index is -0.350. The van der Waals surface area contributed by atoms with E-state index in [2.05, 4.69) is 4.98 Å². The van der Waals surface area contributed by atoms with Gasteiger partial charge in [0.25, 0.3) is 11.7 Å². The summed E-state index contributed by atoms with van der Waals surface area (Å²) in [5.74, 6) is -0.420. The predicted molar refractivity (Wildman–Crippen MR) is 71.2 cm³/mol. The number of H-pyrrole nitrogens is 1. The SMILES string of the molecule is O=C1C(=O)N2CCCC(C2)c2[nH]c3ccccc3c21. The van der Waals surface area contributed by atoms with Gasteiger partial charge in [-0.1, -0.05) is 18.2 Å². The van der Waals surface area contributed by atoms with Crippen molar-refractivity contribution >= 4 is 22.6 Å². The van der Waals surface area contributed by atoms with Gasteiger partial charge in [0.15, 0.2) is 0 Å². The number of carbonyl (C=O) groups is 2. The number of amides is 1. The van der Waals surface area contributed by atoms with E-state index in [9.17, 15) is 9.59 Å². The van der Waals surface area contributed by atoms with E-state index in [0.717, 1.165) is 29.4 Å². The molecule has 2 aliphatic heterocycles. The van der Waals surface area contributed by atoms with Crippen molar-refractivity contribution in [1.29, 1.82) is 0 Å². The van der Waals surface area contributed by atoms with Gasteiger partial charge in [0.2, 0.25) is 0 Å². The maximum absolute atomic E-state index is 12.4. The number of carbonyl (C=O) groups excluding carboxylic acids is 2. The molecule has 1 amide bonds. The molecule has 1 atom stereocenters. The largest absolute Gasteiger partial charge is 0.357 e. The molecule has 2 aliphatic rings. The standard InChI is InChI=1S/C15H14N2O2/c18-14-12-10-5-1-2-6-11(10)16-13(12)9-4-3-7-17(8-9)15(14)19/h1-2,5-6,9,16H,3-4,7-8H2. The molecule has 1 aromatic heterocycles. The molecule has 1 aromatic carbocycles. The number of aromatic nitrogens is 1. The Morgan fingerprint density at radius 2 is 2.05 bits per heavy atom. The zero-order chi connectivity index (χ0) is 13.0. The van der Waals surface area contributed by atoms with Crippen molar-refractivity contribution in [2.75, 3.05) is 13.1 Å². The Labute approximate surface area is 110 Å². The molecule has 0 aliphatic carbocycles. The number of nitrogens with one attached hydrogen (secondary N) is 1. The zero-order valence-electron chi connectivity index (χ0n) is 10.5. The van der Waals surface area contributed by atoms with Gasteiger partial charge in [-0.2, -0.15) is 0 Å². The van der Waals surface area contributed by atoms with Crippen LogP contribution in [0.15, 0.2) is 24.3 Å². The highest BCUT2D eigenvalue weighted by molar-refractivity contribution is 6.45. The lowest BCUT2D eigenvalue weighted by atomic mass is 9.93. The number of rotatable bonds is 0. The molecule has 19 heavy (non-hydrogen) atoms. The van der Waals surface area contributed by atoms with Crippen molar-refractivity contribution in [3.05, 3.63) is 35.5 Å². The van der Waals surface area contributed by atoms with Crippen molar-refractivity contribution in [3.63, 3.8) is 0 Å². The molecule has 1 N–H and O–H groups in total. The molecule has 1 saturated heterocycles. The molecule has 4 nitrogen and oxygen atoms in total. The van der Waals surface area contributed by atoms with Crippen molar-refractivity contribution in [1.82, 2.24) is 9.88 Å². The van der Waals surface area contributed by atoms with Crippen molar-refractivity contribution < 1.29 is 9.59 Å². The summed E-state index contributed by atoms with van der Waals surface area (Å²) in [6.07, 6.45) is 2.01. The Morgan fingerprint density at radius 3 is 2.95 bits per heavy atom. The first kappa shape index (κ1) is 10.8. The van der Waals surface area contributed by atoms with Crippen LogP contribution in [0.1, 0.15) is 34.8 Å². The summed E-state index contributed by atoms with van der Waals surface area (Å²) < 4.78 is 0. The van der Waals surface area contributed by atoms with E-state index < -0.39 is 0 Å². The Hall–Kier alpha value is -2.10. The number of hydrogen-bond acceptors (Lipinski definition) is 2. The van der Waals surface area contributed by atoms with Crippen LogP contribution in [0.2, 0.25) is 0 Å². The van der Waals surface area contributed by atoms with Crippen LogP contribution in [0.4, 0.5) is 0 Å². The molecule has 0 saturated carbocycles. The highest BCUT2D eigenvalue weighted by atomic mass is 16.2. The monoisotopic (exact) mass is 254 g/mol. The summed E-state index contributed by atoms with van der Waals surface area (Å²) in [5.41, 5.74) is 2.52. The molecule has 2 bridgehead atoms. The topological polar surface area (TPSA) is 53.2 Å². The first-order chi connectivity index (χ1) is 9.25. The number of ketones is 1. The van der Waals surface area contributed by atoms with Gasteiger partial charge in [-0.3, -0.25) is 9.59 Å². The van der Waals surface area contributed by atoms with Crippen LogP contribution in [0.25, 0.3) is 10.9 Å². The number of benzene rings is 1. The van der Waals surface area contributed by atoms with Gasteiger partial charge in [-0.25, -0.2) is 0 Å². The molecule has 0 spiro atoms. The van der Waals surface area contributed by atoms with Gasteiger partial charge >= 0.3 is 0 Å². The van der Waals surface area contributed by atoms with Gasteiger partial charge in [0.05, 0.1) is 5.56 Å². The quantitative estimate of drug-likeness (QED) is 0.732. The lowest BCUT2D eigenvalue weighted by Gasteiger charge is -2.29. The minimum absolute atomic E-state index is 0.270. The van der Waals surface area contributed by atoms with Crippen molar-refractivity contribution in [2.45, 2.75) is 18.8 Å². The van der Waals surface area contributed by atoms with E-state index in [4.69, 9.17) is 0 Å². The lowest BCUT2D eigenvalue weighted by Crippen LogP contribution is -2.40. The zero-order valence-corrected chi connectivity index (χ0v) is 10.5. The number of para-hydroxylation sites is 1. The summed E-state index contributed by atoms with van der Waals surface area (Å²) >= 11 is 0. The summed E-state index contributed by atoms with van der Waals surface area (Å²) in [6.45, 7) is 1.38. The van der Waals surface area contributed by atoms with Crippen LogP contribution in [0.5, 0.6) is 0 Å². The van der Waals surface area contributed by atoms with Crippen molar-refractivity contribution in [3.8, 4) is 0 Å². The Morgan fingerprint density at radius 1 is 1.21 bits per heavy atom. The fourth-order valence-electron chi connectivity index (χ4n) is 3.36. The normalized spacial score (nSPS) is 22.5. The van der Waals surface area contributed by atoms with E-state index in [-0.39, 0.29) is 17.6 Å². The molecule has 2 aromatic rings. The number of Topliss-reactive ketones (excluding diaryl/α,β-unsaturated/α-hetero) is 1. The number of fused-ring (bicyclic) bond motifs is 6. The third-order valence-corrected chi connectivity index (χ3v) is 4.27. The summed E-state index contributed by atoms with van der Waals surface area (Å²) in [4.78, 5) is 29.7. The molecule has 4 heteroatoms. The maximum Gasteiger partial charge on any atom is 0.295 e. The van der Waals surface area contributed by atoms with Crippen LogP contribution in [-0.2, 0) is 4.79 Å². The fraction of sp³-hybridized carbons (Fsp3) is 0.333. The van der Waals surface area contributed by atoms with Crippen LogP contribution >= 0.6 is 0 Å². The number of hydrogen-bond donors (Lipinski definition) is 1. The molecule has 1 fully saturated rings.